The third kappa shape index (κ3) is 2.93. The highest BCUT2D eigenvalue weighted by atomic mass is 35.5. The molecule has 138 valence electrons. The molecule has 2 aromatic heterocycles. The average Bonchev–Trinajstić information content (AvgIpc) is 3.18. The molecule has 0 saturated heterocycles. The highest BCUT2D eigenvalue weighted by molar-refractivity contribution is 7.17. The van der Waals surface area contributed by atoms with Gasteiger partial charge in [-0.2, -0.15) is 0 Å². The van der Waals surface area contributed by atoms with Gasteiger partial charge in [0.1, 0.15) is 10.4 Å². The fourth-order valence-electron chi connectivity index (χ4n) is 3.65. The van der Waals surface area contributed by atoms with Gasteiger partial charge in [0.25, 0.3) is 5.56 Å². The number of hydrogen-bond acceptors (Lipinski definition) is 3. The fraction of sp³-hybridized carbons (Fsp3) is 0.227. The summed E-state index contributed by atoms with van der Waals surface area (Å²) in [7, 11) is 1.67. The minimum atomic E-state index is -0.0350. The molecule has 0 unspecified atom stereocenters. The largest absolute Gasteiger partial charge is 0.496 e. The maximum absolute atomic E-state index is 13.3. The van der Waals surface area contributed by atoms with Crippen molar-refractivity contribution in [2.45, 2.75) is 26.2 Å². The molecule has 0 spiro atoms. The standard InChI is InChI=1S/C22H20ClNO2S/c1-3-4-10-15-18(26-2)13-17(23)20-19(15)16-11-12-27-21(16)22(25)24(20)14-8-6-5-7-9-14/h5-9,11-13H,3-4,10H2,1-2H3. The van der Waals surface area contributed by atoms with Gasteiger partial charge in [-0.3, -0.25) is 9.36 Å². The molecule has 2 aromatic carbocycles. The summed E-state index contributed by atoms with van der Waals surface area (Å²) in [5, 5.41) is 4.47. The first-order valence-corrected chi connectivity index (χ1v) is 10.3. The number of thiophene rings is 1. The van der Waals surface area contributed by atoms with Gasteiger partial charge in [-0.25, -0.2) is 0 Å². The molecule has 0 N–H and O–H groups in total. The van der Waals surface area contributed by atoms with E-state index in [9.17, 15) is 4.79 Å². The Kier molecular flexibility index (Phi) is 4.94. The summed E-state index contributed by atoms with van der Waals surface area (Å²) in [4.78, 5) is 13.3. The first-order chi connectivity index (χ1) is 13.2. The number of benzene rings is 2. The zero-order chi connectivity index (χ0) is 19.0. The maximum atomic E-state index is 13.3. The number of pyridine rings is 1. The number of fused-ring (bicyclic) bond motifs is 3. The van der Waals surface area contributed by atoms with Gasteiger partial charge in [-0.05, 0) is 36.4 Å². The molecular weight excluding hydrogens is 378 g/mol. The lowest BCUT2D eigenvalue weighted by Gasteiger charge is -2.18. The van der Waals surface area contributed by atoms with Gasteiger partial charge in [0.2, 0.25) is 0 Å². The maximum Gasteiger partial charge on any atom is 0.273 e. The molecule has 4 aromatic rings. The molecule has 0 fully saturated rings. The van der Waals surface area contributed by atoms with Gasteiger partial charge in [-0.1, -0.05) is 43.1 Å². The van der Waals surface area contributed by atoms with Crippen molar-refractivity contribution in [3.63, 3.8) is 0 Å². The van der Waals surface area contributed by atoms with Crippen molar-refractivity contribution >= 4 is 43.9 Å². The van der Waals surface area contributed by atoms with E-state index in [1.165, 1.54) is 11.3 Å². The van der Waals surface area contributed by atoms with Crippen LogP contribution in [0, 0.1) is 0 Å². The van der Waals surface area contributed by atoms with Crippen molar-refractivity contribution in [2.75, 3.05) is 7.11 Å². The van der Waals surface area contributed by atoms with Crippen LogP contribution in [0.2, 0.25) is 5.02 Å². The van der Waals surface area contributed by atoms with Crippen molar-refractivity contribution in [3.05, 3.63) is 68.8 Å². The molecular formula is C22H20ClNO2S. The molecule has 0 saturated carbocycles. The lowest BCUT2D eigenvalue weighted by Crippen LogP contribution is -2.19. The van der Waals surface area contributed by atoms with Crippen molar-refractivity contribution < 1.29 is 4.74 Å². The lowest BCUT2D eigenvalue weighted by molar-refractivity contribution is 0.410. The number of rotatable bonds is 5. The van der Waals surface area contributed by atoms with Crippen LogP contribution >= 0.6 is 22.9 Å². The van der Waals surface area contributed by atoms with E-state index in [0.29, 0.717) is 5.02 Å². The van der Waals surface area contributed by atoms with Crippen molar-refractivity contribution in [1.82, 2.24) is 4.57 Å². The van der Waals surface area contributed by atoms with Crippen molar-refractivity contribution in [2.24, 2.45) is 0 Å². The van der Waals surface area contributed by atoms with Crippen LogP contribution in [-0.2, 0) is 6.42 Å². The molecule has 5 heteroatoms. The number of aryl methyl sites for hydroxylation is 1. The van der Waals surface area contributed by atoms with Crippen LogP contribution in [0.15, 0.2) is 52.6 Å². The van der Waals surface area contributed by atoms with E-state index in [0.717, 1.165) is 57.3 Å². The van der Waals surface area contributed by atoms with Crippen LogP contribution in [-0.4, -0.2) is 11.7 Å². The molecule has 0 atom stereocenters. The Morgan fingerprint density at radius 2 is 1.96 bits per heavy atom. The predicted molar refractivity (Wildman–Crippen MR) is 115 cm³/mol. The Balaban J connectivity index is 2.24. The Labute approximate surface area is 166 Å². The molecule has 0 aliphatic heterocycles. The van der Waals surface area contributed by atoms with Crippen molar-refractivity contribution in [3.8, 4) is 11.4 Å². The van der Waals surface area contributed by atoms with E-state index in [1.54, 1.807) is 11.7 Å². The number of hydrogen-bond donors (Lipinski definition) is 0. The minimum absolute atomic E-state index is 0.0350. The van der Waals surface area contributed by atoms with Crippen LogP contribution in [0.4, 0.5) is 0 Å². The lowest BCUT2D eigenvalue weighted by atomic mass is 9.98. The summed E-state index contributed by atoms with van der Waals surface area (Å²) in [6.07, 6.45) is 3.01. The monoisotopic (exact) mass is 397 g/mol. The van der Waals surface area contributed by atoms with E-state index >= 15 is 0 Å². The van der Waals surface area contributed by atoms with E-state index in [-0.39, 0.29) is 5.56 Å². The molecule has 0 aliphatic carbocycles. The Morgan fingerprint density at radius 1 is 1.19 bits per heavy atom. The third-order valence-electron chi connectivity index (χ3n) is 4.89. The number of ether oxygens (including phenoxy) is 1. The van der Waals surface area contributed by atoms with Crippen LogP contribution < -0.4 is 10.3 Å². The number of nitrogens with zero attached hydrogens (tertiary/aromatic N) is 1. The zero-order valence-corrected chi connectivity index (χ0v) is 16.9. The number of aromatic nitrogens is 1. The summed E-state index contributed by atoms with van der Waals surface area (Å²) < 4.78 is 8.15. The first kappa shape index (κ1) is 18.1. The second kappa shape index (κ2) is 7.37. The number of methoxy groups -OCH3 is 1. The highest BCUT2D eigenvalue weighted by Gasteiger charge is 2.21. The molecule has 0 radical (unpaired) electrons. The van der Waals surface area contributed by atoms with Crippen LogP contribution in [0.1, 0.15) is 25.3 Å². The van der Waals surface area contributed by atoms with E-state index in [1.807, 2.05) is 47.8 Å². The Hall–Kier alpha value is -2.30. The minimum Gasteiger partial charge on any atom is -0.496 e. The Morgan fingerprint density at radius 3 is 2.67 bits per heavy atom. The summed E-state index contributed by atoms with van der Waals surface area (Å²) in [6, 6.07) is 13.5. The van der Waals surface area contributed by atoms with Gasteiger partial charge in [0.05, 0.1) is 17.6 Å². The predicted octanol–water partition coefficient (Wildman–Crippen LogP) is 6.21. The molecule has 4 rings (SSSR count). The molecule has 0 amide bonds. The summed E-state index contributed by atoms with van der Waals surface area (Å²) in [5.41, 5.74) is 2.65. The van der Waals surface area contributed by atoms with E-state index < -0.39 is 0 Å². The number of halogens is 1. The first-order valence-electron chi connectivity index (χ1n) is 9.04. The van der Waals surface area contributed by atoms with Crippen LogP contribution in [0.5, 0.6) is 5.75 Å². The van der Waals surface area contributed by atoms with Gasteiger partial charge >= 0.3 is 0 Å². The third-order valence-corrected chi connectivity index (χ3v) is 6.08. The second-order valence-electron chi connectivity index (χ2n) is 6.51. The summed E-state index contributed by atoms with van der Waals surface area (Å²) in [6.45, 7) is 2.17. The molecule has 27 heavy (non-hydrogen) atoms. The molecule has 0 bridgehead atoms. The van der Waals surface area contributed by atoms with E-state index in [4.69, 9.17) is 16.3 Å². The Bertz CT molecular complexity index is 1180. The summed E-state index contributed by atoms with van der Waals surface area (Å²) in [5.74, 6) is 0.784. The zero-order valence-electron chi connectivity index (χ0n) is 15.3. The number of para-hydroxylation sites is 1. The molecule has 0 aliphatic rings. The number of unbranched alkanes of at least 4 members (excludes halogenated alkanes) is 1. The second-order valence-corrected chi connectivity index (χ2v) is 7.83. The molecule has 2 heterocycles. The average molecular weight is 398 g/mol. The quantitative estimate of drug-likeness (QED) is 0.401. The van der Waals surface area contributed by atoms with Gasteiger partial charge in [0, 0.05) is 28.1 Å². The SMILES string of the molecule is CCCCc1c(OC)cc(Cl)c2c1c1ccsc1c(=O)n2-c1ccccc1. The highest BCUT2D eigenvalue weighted by Crippen LogP contribution is 2.40. The van der Waals surface area contributed by atoms with Crippen LogP contribution in [0.3, 0.4) is 0 Å². The van der Waals surface area contributed by atoms with Gasteiger partial charge in [0.15, 0.2) is 0 Å². The topological polar surface area (TPSA) is 31.2 Å². The van der Waals surface area contributed by atoms with E-state index in [2.05, 4.69) is 6.92 Å². The smallest absolute Gasteiger partial charge is 0.273 e. The molecule has 3 nitrogen and oxygen atoms in total. The van der Waals surface area contributed by atoms with Gasteiger partial charge < -0.3 is 4.74 Å². The fourth-order valence-corrected chi connectivity index (χ4v) is 4.75. The van der Waals surface area contributed by atoms with Crippen LogP contribution in [0.25, 0.3) is 26.7 Å². The summed E-state index contributed by atoms with van der Waals surface area (Å²) >= 11 is 8.18. The normalized spacial score (nSPS) is 11.4. The van der Waals surface area contributed by atoms with Crippen molar-refractivity contribution in [1.29, 1.82) is 0 Å². The van der Waals surface area contributed by atoms with Gasteiger partial charge in [-0.15, -0.1) is 11.3 Å².